The molecule has 0 bridgehead atoms. The SMILES string of the molecule is COCC(F)(F)C(C)(C)c1cccc(Cc2ccnc(S(=O)(=O)NCc3cccc(NCC(=O)O)n3)c2)c1. The number of nitrogens with one attached hydrogen (secondary N) is 2. The predicted octanol–water partition coefficient (Wildman–Crippen LogP) is 3.60. The standard InChI is InChI=1S/C26H30F2N4O5S/c1-25(2,26(27,28)17-37-3)20-7-4-6-18(13-20)12-19-10-11-29-23(14-19)38(35,36)31-15-21-8-5-9-22(32-21)30-16-24(33)34/h4-11,13-14,31H,12,15-17H2,1-3H3,(H,30,32)(H,33,34). The summed E-state index contributed by atoms with van der Waals surface area (Å²) < 4.78 is 62.3. The topological polar surface area (TPSA) is 131 Å². The second kappa shape index (κ2) is 11.9. The zero-order valence-electron chi connectivity index (χ0n) is 21.2. The number of aromatic nitrogens is 2. The van der Waals surface area contributed by atoms with Crippen LogP contribution >= 0.6 is 0 Å². The first kappa shape index (κ1) is 29.1. The maximum absolute atomic E-state index is 14.7. The Labute approximate surface area is 220 Å². The van der Waals surface area contributed by atoms with Crippen molar-refractivity contribution in [2.24, 2.45) is 0 Å². The van der Waals surface area contributed by atoms with Gasteiger partial charge in [-0.15, -0.1) is 0 Å². The van der Waals surface area contributed by atoms with Gasteiger partial charge in [0.05, 0.1) is 17.7 Å². The minimum atomic E-state index is -4.00. The molecule has 0 saturated carbocycles. The molecule has 0 atom stereocenters. The molecule has 0 aliphatic rings. The predicted molar refractivity (Wildman–Crippen MR) is 138 cm³/mol. The fourth-order valence-electron chi connectivity index (χ4n) is 3.67. The normalized spacial score (nSPS) is 12.3. The van der Waals surface area contributed by atoms with E-state index in [1.807, 2.05) is 0 Å². The minimum Gasteiger partial charge on any atom is -0.480 e. The summed E-state index contributed by atoms with van der Waals surface area (Å²) in [7, 11) is -2.76. The zero-order chi connectivity index (χ0) is 28.0. The van der Waals surface area contributed by atoms with Crippen molar-refractivity contribution in [3.63, 3.8) is 0 Å². The Morgan fingerprint density at radius 2 is 1.79 bits per heavy atom. The second-order valence-corrected chi connectivity index (χ2v) is 10.9. The van der Waals surface area contributed by atoms with E-state index in [0.29, 0.717) is 29.1 Å². The summed E-state index contributed by atoms with van der Waals surface area (Å²) in [5.74, 6) is -3.84. The van der Waals surface area contributed by atoms with E-state index in [-0.39, 0.29) is 18.1 Å². The summed E-state index contributed by atoms with van der Waals surface area (Å²) in [5, 5.41) is 11.2. The second-order valence-electron chi connectivity index (χ2n) is 9.23. The third-order valence-electron chi connectivity index (χ3n) is 6.04. The molecule has 2 heterocycles. The first-order chi connectivity index (χ1) is 17.8. The van der Waals surface area contributed by atoms with Crippen LogP contribution in [0.5, 0.6) is 0 Å². The third-order valence-corrected chi connectivity index (χ3v) is 7.34. The number of carbonyl (C=O) groups is 1. The van der Waals surface area contributed by atoms with Crippen LogP contribution in [0.1, 0.15) is 36.2 Å². The van der Waals surface area contributed by atoms with Gasteiger partial charge in [-0.2, -0.15) is 0 Å². The van der Waals surface area contributed by atoms with Crippen LogP contribution < -0.4 is 10.0 Å². The maximum Gasteiger partial charge on any atom is 0.322 e. The van der Waals surface area contributed by atoms with Gasteiger partial charge in [-0.25, -0.2) is 31.9 Å². The quantitative estimate of drug-likeness (QED) is 0.295. The molecule has 0 fully saturated rings. The highest BCUT2D eigenvalue weighted by Gasteiger charge is 2.47. The molecule has 0 aliphatic heterocycles. The van der Waals surface area contributed by atoms with E-state index >= 15 is 0 Å². The van der Waals surface area contributed by atoms with Gasteiger partial charge in [-0.05, 0) is 61.2 Å². The molecule has 2 aromatic heterocycles. The van der Waals surface area contributed by atoms with Crippen LogP contribution in [0.25, 0.3) is 0 Å². The highest BCUT2D eigenvalue weighted by molar-refractivity contribution is 7.89. The van der Waals surface area contributed by atoms with E-state index in [1.54, 1.807) is 48.5 Å². The summed E-state index contributed by atoms with van der Waals surface area (Å²) in [5.41, 5.74) is 0.709. The van der Waals surface area contributed by atoms with E-state index in [9.17, 15) is 22.0 Å². The van der Waals surface area contributed by atoms with Gasteiger partial charge >= 0.3 is 5.97 Å². The smallest absolute Gasteiger partial charge is 0.322 e. The fourth-order valence-corrected chi connectivity index (χ4v) is 4.66. The molecule has 9 nitrogen and oxygen atoms in total. The van der Waals surface area contributed by atoms with Crippen molar-refractivity contribution in [2.75, 3.05) is 25.6 Å². The Kier molecular flexibility index (Phi) is 9.13. The molecular weight excluding hydrogens is 518 g/mol. The van der Waals surface area contributed by atoms with Gasteiger partial charge in [0, 0.05) is 13.3 Å². The fraction of sp³-hybridized carbons (Fsp3) is 0.346. The number of pyridine rings is 2. The summed E-state index contributed by atoms with van der Waals surface area (Å²) >= 11 is 0. The Bertz CT molecular complexity index is 1380. The number of halogens is 2. The molecule has 1 aromatic carbocycles. The summed E-state index contributed by atoms with van der Waals surface area (Å²) in [6.07, 6.45) is 1.68. The van der Waals surface area contributed by atoms with Crippen LogP contribution in [0.3, 0.4) is 0 Å². The lowest BCUT2D eigenvalue weighted by Crippen LogP contribution is -2.43. The summed E-state index contributed by atoms with van der Waals surface area (Å²) in [6, 6.07) is 14.7. The number of alkyl halides is 2. The van der Waals surface area contributed by atoms with Crippen molar-refractivity contribution in [1.29, 1.82) is 0 Å². The van der Waals surface area contributed by atoms with Crippen LogP contribution in [-0.2, 0) is 37.9 Å². The molecule has 3 N–H and O–H groups in total. The average molecular weight is 549 g/mol. The molecule has 38 heavy (non-hydrogen) atoms. The molecular formula is C26H30F2N4O5S. The number of sulfonamides is 1. The molecule has 3 aromatic rings. The van der Waals surface area contributed by atoms with Crippen LogP contribution in [0.2, 0.25) is 0 Å². The van der Waals surface area contributed by atoms with Gasteiger partial charge in [0.25, 0.3) is 15.9 Å². The van der Waals surface area contributed by atoms with Gasteiger partial charge < -0.3 is 15.2 Å². The minimum absolute atomic E-state index is 0.135. The van der Waals surface area contributed by atoms with Crippen LogP contribution in [-0.4, -0.2) is 55.6 Å². The van der Waals surface area contributed by atoms with E-state index in [1.165, 1.54) is 33.2 Å². The number of ether oxygens (including phenoxy) is 1. The molecule has 3 rings (SSSR count). The van der Waals surface area contributed by atoms with Crippen molar-refractivity contribution in [2.45, 2.75) is 43.2 Å². The Balaban J connectivity index is 1.73. The summed E-state index contributed by atoms with van der Waals surface area (Å²) in [4.78, 5) is 18.9. The molecule has 0 radical (unpaired) electrons. The summed E-state index contributed by atoms with van der Waals surface area (Å²) in [6.45, 7) is 1.75. The monoisotopic (exact) mass is 548 g/mol. The van der Waals surface area contributed by atoms with Gasteiger partial charge in [0.15, 0.2) is 5.03 Å². The van der Waals surface area contributed by atoms with Crippen molar-refractivity contribution < 1.29 is 31.8 Å². The number of anilines is 1. The molecule has 0 spiro atoms. The van der Waals surface area contributed by atoms with Crippen molar-refractivity contribution >= 4 is 21.8 Å². The van der Waals surface area contributed by atoms with Crippen molar-refractivity contribution in [3.05, 3.63) is 83.2 Å². The lowest BCUT2D eigenvalue weighted by atomic mass is 9.78. The maximum atomic E-state index is 14.7. The number of rotatable bonds is 13. The first-order valence-electron chi connectivity index (χ1n) is 11.7. The zero-order valence-corrected chi connectivity index (χ0v) is 22.1. The van der Waals surface area contributed by atoms with Crippen LogP contribution in [0, 0.1) is 0 Å². The number of carboxylic acids is 1. The number of benzene rings is 1. The lowest BCUT2D eigenvalue weighted by Gasteiger charge is -2.34. The Morgan fingerprint density at radius 3 is 2.50 bits per heavy atom. The lowest BCUT2D eigenvalue weighted by molar-refractivity contribution is -0.134. The van der Waals surface area contributed by atoms with E-state index < -0.39 is 33.9 Å². The highest BCUT2D eigenvalue weighted by Crippen LogP contribution is 2.40. The largest absolute Gasteiger partial charge is 0.480 e. The Hall–Kier alpha value is -3.48. The van der Waals surface area contributed by atoms with E-state index in [0.717, 1.165) is 5.56 Å². The van der Waals surface area contributed by atoms with Gasteiger partial charge in [0.1, 0.15) is 19.0 Å². The number of hydrogen-bond acceptors (Lipinski definition) is 7. The first-order valence-corrected chi connectivity index (χ1v) is 13.1. The van der Waals surface area contributed by atoms with E-state index in [2.05, 4.69) is 20.0 Å². The number of methoxy groups -OCH3 is 1. The Morgan fingerprint density at radius 1 is 1.08 bits per heavy atom. The molecule has 0 saturated heterocycles. The van der Waals surface area contributed by atoms with Gasteiger partial charge in [-0.3, -0.25) is 4.79 Å². The molecule has 0 unspecified atom stereocenters. The van der Waals surface area contributed by atoms with Crippen LogP contribution in [0.15, 0.2) is 65.8 Å². The third kappa shape index (κ3) is 7.30. The van der Waals surface area contributed by atoms with Gasteiger partial charge in [0.2, 0.25) is 0 Å². The number of carboxylic acid groups (broad SMARTS) is 1. The number of hydrogen-bond donors (Lipinski definition) is 3. The van der Waals surface area contributed by atoms with Crippen LogP contribution in [0.4, 0.5) is 14.6 Å². The highest BCUT2D eigenvalue weighted by atomic mass is 32.2. The molecule has 204 valence electrons. The number of nitrogens with zero attached hydrogens (tertiary/aromatic N) is 2. The average Bonchev–Trinajstić information content (AvgIpc) is 2.87. The molecule has 12 heteroatoms. The molecule has 0 amide bonds. The van der Waals surface area contributed by atoms with Crippen molar-refractivity contribution in [3.8, 4) is 0 Å². The van der Waals surface area contributed by atoms with E-state index in [4.69, 9.17) is 9.84 Å². The van der Waals surface area contributed by atoms with Crippen molar-refractivity contribution in [1.82, 2.24) is 14.7 Å². The molecule has 0 aliphatic carbocycles. The van der Waals surface area contributed by atoms with Gasteiger partial charge in [-0.1, -0.05) is 30.3 Å². The number of aliphatic carboxylic acids is 1.